The Balaban J connectivity index is 0.00000225. The number of amides is 1. The molecule has 2 aromatic rings. The van der Waals surface area contributed by atoms with Crippen molar-refractivity contribution in [2.45, 2.75) is 32.4 Å². The lowest BCUT2D eigenvalue weighted by atomic mass is 10.1. The lowest BCUT2D eigenvalue weighted by Gasteiger charge is -2.27. The van der Waals surface area contributed by atoms with Gasteiger partial charge in [0.2, 0.25) is 5.91 Å². The molecule has 5 nitrogen and oxygen atoms in total. The zero-order valence-electron chi connectivity index (χ0n) is 14.1. The molecule has 2 heterocycles. The van der Waals surface area contributed by atoms with Crippen molar-refractivity contribution in [1.29, 1.82) is 0 Å². The Hall–Kier alpha value is -1.76. The second-order valence-corrected chi connectivity index (χ2v) is 6.76. The van der Waals surface area contributed by atoms with Crippen molar-refractivity contribution in [2.24, 2.45) is 5.73 Å². The molecule has 1 aromatic carbocycles. The minimum Gasteiger partial charge on any atom is -0.486 e. The number of hydrogen-bond acceptors (Lipinski definition) is 5. The normalized spacial score (nSPS) is 13.7. The summed E-state index contributed by atoms with van der Waals surface area (Å²) in [7, 11) is 0. The fraction of sp³-hybridized carbons (Fsp3) is 0.389. The first-order chi connectivity index (χ1) is 11.7. The Bertz CT molecular complexity index is 694. The highest BCUT2D eigenvalue weighted by Crippen LogP contribution is 2.35. The van der Waals surface area contributed by atoms with Crippen molar-refractivity contribution in [2.75, 3.05) is 18.1 Å². The van der Waals surface area contributed by atoms with Crippen LogP contribution in [0.2, 0.25) is 0 Å². The lowest BCUT2D eigenvalue weighted by molar-refractivity contribution is -0.120. The molecule has 7 heteroatoms. The van der Waals surface area contributed by atoms with Crippen LogP contribution >= 0.6 is 23.7 Å². The molecule has 1 unspecified atom stereocenters. The fourth-order valence-electron chi connectivity index (χ4n) is 2.69. The van der Waals surface area contributed by atoms with E-state index in [0.717, 1.165) is 17.0 Å². The maximum absolute atomic E-state index is 12.9. The molecule has 3 rings (SSSR count). The average Bonchev–Trinajstić information content (AvgIpc) is 3.12. The van der Waals surface area contributed by atoms with Crippen molar-refractivity contribution in [3.05, 3.63) is 40.6 Å². The van der Waals surface area contributed by atoms with Crippen molar-refractivity contribution in [3.63, 3.8) is 0 Å². The molecular formula is C18H23ClN2O3S. The van der Waals surface area contributed by atoms with E-state index in [4.69, 9.17) is 15.2 Å². The Morgan fingerprint density at radius 3 is 2.72 bits per heavy atom. The molecule has 136 valence electrons. The van der Waals surface area contributed by atoms with Crippen LogP contribution in [-0.2, 0) is 11.3 Å². The second-order valence-electron chi connectivity index (χ2n) is 5.73. The zero-order chi connectivity index (χ0) is 16.9. The number of benzene rings is 1. The van der Waals surface area contributed by atoms with E-state index in [2.05, 4.69) is 0 Å². The standard InChI is InChI=1S/C18H22N2O3S.ClH/c1-2-4-15(19)18(21)20(12-14-5-3-10-24-14)13-6-7-16-17(11-13)23-9-8-22-16;/h3,5-7,10-11,15H,2,4,8-9,12,19H2,1H3;1H. The van der Waals surface area contributed by atoms with Gasteiger partial charge in [-0.2, -0.15) is 0 Å². The smallest absolute Gasteiger partial charge is 0.244 e. The third kappa shape index (κ3) is 4.66. The predicted octanol–water partition coefficient (Wildman–Crippen LogP) is 3.60. The van der Waals surface area contributed by atoms with Gasteiger partial charge in [-0.3, -0.25) is 4.79 Å². The number of nitrogens with zero attached hydrogens (tertiary/aromatic N) is 1. The van der Waals surface area contributed by atoms with Gasteiger partial charge in [-0.1, -0.05) is 19.4 Å². The highest BCUT2D eigenvalue weighted by molar-refractivity contribution is 7.09. The van der Waals surface area contributed by atoms with Crippen molar-refractivity contribution < 1.29 is 14.3 Å². The Labute approximate surface area is 158 Å². The van der Waals surface area contributed by atoms with Gasteiger partial charge in [0.15, 0.2) is 11.5 Å². The van der Waals surface area contributed by atoms with E-state index >= 15 is 0 Å². The number of carbonyl (C=O) groups excluding carboxylic acids is 1. The predicted molar refractivity (Wildman–Crippen MR) is 103 cm³/mol. The quantitative estimate of drug-likeness (QED) is 0.828. The van der Waals surface area contributed by atoms with Crippen molar-refractivity contribution in [3.8, 4) is 11.5 Å². The molecule has 0 aliphatic carbocycles. The van der Waals surface area contributed by atoms with E-state index < -0.39 is 6.04 Å². The maximum atomic E-state index is 12.9. The molecule has 1 aromatic heterocycles. The molecule has 0 bridgehead atoms. The molecule has 0 radical (unpaired) electrons. The molecule has 2 N–H and O–H groups in total. The Kier molecular flexibility index (Phi) is 7.11. The summed E-state index contributed by atoms with van der Waals surface area (Å²) in [5, 5.41) is 2.01. The van der Waals surface area contributed by atoms with Crippen LogP contribution in [-0.4, -0.2) is 25.2 Å². The molecule has 0 saturated heterocycles. The Morgan fingerprint density at radius 2 is 2.04 bits per heavy atom. The molecule has 0 saturated carbocycles. The van der Waals surface area contributed by atoms with Gasteiger partial charge in [0.05, 0.1) is 12.6 Å². The van der Waals surface area contributed by atoms with Crippen LogP contribution in [0.15, 0.2) is 35.7 Å². The van der Waals surface area contributed by atoms with Gasteiger partial charge in [-0.25, -0.2) is 0 Å². The molecule has 0 fully saturated rings. The number of anilines is 1. The van der Waals surface area contributed by atoms with Gasteiger partial charge in [0, 0.05) is 16.6 Å². The minimum absolute atomic E-state index is 0. The number of halogens is 1. The van der Waals surface area contributed by atoms with Crippen LogP contribution in [0, 0.1) is 0 Å². The van der Waals surface area contributed by atoms with Gasteiger partial charge in [-0.05, 0) is 30.0 Å². The van der Waals surface area contributed by atoms with Gasteiger partial charge < -0.3 is 20.1 Å². The summed E-state index contributed by atoms with van der Waals surface area (Å²) in [4.78, 5) is 15.7. The summed E-state index contributed by atoms with van der Waals surface area (Å²) >= 11 is 1.63. The van der Waals surface area contributed by atoms with Gasteiger partial charge in [0.1, 0.15) is 13.2 Å². The molecule has 0 spiro atoms. The summed E-state index contributed by atoms with van der Waals surface area (Å²) in [6.07, 6.45) is 1.55. The molecule has 25 heavy (non-hydrogen) atoms. The summed E-state index contributed by atoms with van der Waals surface area (Å²) in [6.45, 7) is 3.60. The van der Waals surface area contributed by atoms with Crippen LogP contribution < -0.4 is 20.1 Å². The molecule has 1 atom stereocenters. The minimum atomic E-state index is -0.497. The summed E-state index contributed by atoms with van der Waals surface area (Å²) in [5.74, 6) is 1.32. The van der Waals surface area contributed by atoms with Crippen LogP contribution in [0.25, 0.3) is 0 Å². The molecule has 1 amide bonds. The average molecular weight is 383 g/mol. The van der Waals surface area contributed by atoms with E-state index in [1.54, 1.807) is 16.2 Å². The monoisotopic (exact) mass is 382 g/mol. The highest BCUT2D eigenvalue weighted by Gasteiger charge is 2.24. The van der Waals surface area contributed by atoms with Crippen LogP contribution in [0.5, 0.6) is 11.5 Å². The number of hydrogen-bond donors (Lipinski definition) is 1. The largest absolute Gasteiger partial charge is 0.486 e. The summed E-state index contributed by atoms with van der Waals surface area (Å²) in [5.41, 5.74) is 6.87. The van der Waals surface area contributed by atoms with Crippen molar-refractivity contribution in [1.82, 2.24) is 0 Å². The van der Waals surface area contributed by atoms with Gasteiger partial charge in [0.25, 0.3) is 0 Å². The van der Waals surface area contributed by atoms with E-state index in [1.807, 2.05) is 42.6 Å². The Morgan fingerprint density at radius 1 is 1.28 bits per heavy atom. The van der Waals surface area contributed by atoms with Gasteiger partial charge in [-0.15, -0.1) is 23.7 Å². The van der Waals surface area contributed by atoms with E-state index in [0.29, 0.717) is 37.7 Å². The summed E-state index contributed by atoms with van der Waals surface area (Å²) < 4.78 is 11.2. The lowest BCUT2D eigenvalue weighted by Crippen LogP contribution is -2.43. The number of thiophene rings is 1. The van der Waals surface area contributed by atoms with E-state index in [-0.39, 0.29) is 18.3 Å². The van der Waals surface area contributed by atoms with Crippen molar-refractivity contribution >= 4 is 35.3 Å². The topological polar surface area (TPSA) is 64.8 Å². The maximum Gasteiger partial charge on any atom is 0.244 e. The first kappa shape index (κ1) is 19.6. The van der Waals surface area contributed by atoms with Crippen LogP contribution in [0.4, 0.5) is 5.69 Å². The van der Waals surface area contributed by atoms with E-state index in [9.17, 15) is 4.79 Å². The number of rotatable bonds is 6. The van der Waals surface area contributed by atoms with Crippen LogP contribution in [0.1, 0.15) is 24.6 Å². The number of fused-ring (bicyclic) bond motifs is 1. The zero-order valence-corrected chi connectivity index (χ0v) is 15.8. The molecule has 1 aliphatic rings. The summed E-state index contributed by atoms with van der Waals surface area (Å²) in [6, 6.07) is 9.11. The number of ether oxygens (including phenoxy) is 2. The SMILES string of the molecule is CCCC(N)C(=O)N(Cc1cccs1)c1ccc2c(c1)OCCO2.Cl. The third-order valence-corrected chi connectivity index (χ3v) is 4.78. The fourth-order valence-corrected chi connectivity index (χ4v) is 3.38. The second kappa shape index (κ2) is 9.08. The number of nitrogens with two attached hydrogens (primary N) is 1. The highest BCUT2D eigenvalue weighted by atomic mass is 35.5. The van der Waals surface area contributed by atoms with Crippen LogP contribution in [0.3, 0.4) is 0 Å². The third-order valence-electron chi connectivity index (χ3n) is 3.91. The first-order valence-corrected chi connectivity index (χ1v) is 9.06. The van der Waals surface area contributed by atoms with E-state index in [1.165, 1.54) is 0 Å². The molecular weight excluding hydrogens is 360 g/mol. The van der Waals surface area contributed by atoms with Gasteiger partial charge >= 0.3 is 0 Å². The first-order valence-electron chi connectivity index (χ1n) is 8.18. The molecule has 1 aliphatic heterocycles. The number of carbonyl (C=O) groups is 1.